The molecular weight excluding hydrogens is 250 g/mol. The van der Waals surface area contributed by atoms with Crippen molar-refractivity contribution < 1.29 is 18.3 Å². The van der Waals surface area contributed by atoms with Gasteiger partial charge >= 0.3 is 11.9 Å². The van der Waals surface area contributed by atoms with Gasteiger partial charge in [0.15, 0.2) is 0 Å². The molecule has 0 aliphatic rings. The van der Waals surface area contributed by atoms with Gasteiger partial charge in [-0.1, -0.05) is 36.9 Å². The van der Waals surface area contributed by atoms with E-state index in [4.69, 9.17) is 0 Å². The first-order valence-corrected chi connectivity index (χ1v) is 5.62. The Labute approximate surface area is 109 Å². The number of fused-ring (bicyclic) bond motifs is 1. The van der Waals surface area contributed by atoms with E-state index < -0.39 is 11.9 Å². The molecule has 0 N–H and O–H groups in total. The molecule has 0 atom stereocenters. The molecule has 0 amide bonds. The minimum absolute atomic E-state index is 0.377. The van der Waals surface area contributed by atoms with Crippen molar-refractivity contribution in [3.8, 4) is 0 Å². The zero-order valence-electron chi connectivity index (χ0n) is 10.3. The van der Waals surface area contributed by atoms with E-state index in [-0.39, 0.29) is 5.56 Å². The Balaban J connectivity index is 2.53. The zero-order chi connectivity index (χ0) is 14.0. The summed E-state index contributed by atoms with van der Waals surface area (Å²) in [5.74, 6) is -5.20. The summed E-state index contributed by atoms with van der Waals surface area (Å²) in [5, 5.41) is 1.44. The summed E-state index contributed by atoms with van der Waals surface area (Å²) in [5.41, 5.74) is 0.526. The first-order chi connectivity index (χ1) is 8.98. The summed E-state index contributed by atoms with van der Waals surface area (Å²) in [6.07, 6.45) is 1.68. The van der Waals surface area contributed by atoms with E-state index in [1.165, 1.54) is 12.1 Å². The van der Waals surface area contributed by atoms with Crippen molar-refractivity contribution in [1.29, 1.82) is 0 Å². The Morgan fingerprint density at radius 3 is 2.47 bits per heavy atom. The molecule has 98 valence electrons. The lowest BCUT2D eigenvalue weighted by molar-refractivity contribution is -0.170. The minimum atomic E-state index is -3.64. The van der Waals surface area contributed by atoms with Gasteiger partial charge in [0, 0.05) is 5.56 Å². The molecule has 0 aliphatic carbocycles. The lowest BCUT2D eigenvalue weighted by Crippen LogP contribution is -2.27. The Hall–Kier alpha value is -2.23. The van der Waals surface area contributed by atoms with E-state index in [1.54, 1.807) is 24.3 Å². The number of ether oxygens (including phenoxy) is 1. The molecule has 0 saturated heterocycles. The topological polar surface area (TPSA) is 26.3 Å². The molecule has 2 aromatic rings. The summed E-state index contributed by atoms with van der Waals surface area (Å²) in [6, 6.07) is 9.39. The highest BCUT2D eigenvalue weighted by atomic mass is 19.3. The maximum absolute atomic E-state index is 13.7. The third-order valence-corrected chi connectivity index (χ3v) is 2.90. The summed E-state index contributed by atoms with van der Waals surface area (Å²) in [7, 11) is 0.938. The van der Waals surface area contributed by atoms with Gasteiger partial charge in [0.1, 0.15) is 0 Å². The van der Waals surface area contributed by atoms with Gasteiger partial charge in [0.2, 0.25) is 0 Å². The van der Waals surface area contributed by atoms with Crippen molar-refractivity contribution in [2.75, 3.05) is 7.11 Å². The quantitative estimate of drug-likeness (QED) is 0.787. The standard InChI is InChI=1S/C15H12F2O2/c1-3-10-4-5-12-9-13(7-6-11(12)8-10)15(16,17)14(18)19-2/h3-9H,1H2,2H3. The van der Waals surface area contributed by atoms with Gasteiger partial charge in [-0.05, 0) is 28.5 Å². The van der Waals surface area contributed by atoms with Crippen LogP contribution in [0.4, 0.5) is 8.78 Å². The van der Waals surface area contributed by atoms with E-state index in [0.717, 1.165) is 18.1 Å². The zero-order valence-corrected chi connectivity index (χ0v) is 10.3. The van der Waals surface area contributed by atoms with Gasteiger partial charge in [-0.3, -0.25) is 0 Å². The second kappa shape index (κ2) is 4.80. The van der Waals surface area contributed by atoms with Gasteiger partial charge in [0.05, 0.1) is 7.11 Å². The van der Waals surface area contributed by atoms with Crippen LogP contribution in [0.15, 0.2) is 43.0 Å². The maximum Gasteiger partial charge on any atom is 0.381 e. The maximum atomic E-state index is 13.7. The molecule has 0 aromatic heterocycles. The van der Waals surface area contributed by atoms with Crippen LogP contribution in [0.1, 0.15) is 11.1 Å². The second-order valence-corrected chi connectivity index (χ2v) is 4.09. The van der Waals surface area contributed by atoms with E-state index in [1.807, 2.05) is 6.07 Å². The first-order valence-electron chi connectivity index (χ1n) is 5.62. The molecule has 19 heavy (non-hydrogen) atoms. The van der Waals surface area contributed by atoms with Crippen LogP contribution in [0.5, 0.6) is 0 Å². The van der Waals surface area contributed by atoms with Gasteiger partial charge in [-0.2, -0.15) is 8.78 Å². The smallest absolute Gasteiger partial charge is 0.381 e. The molecule has 0 fully saturated rings. The molecule has 0 spiro atoms. The van der Waals surface area contributed by atoms with E-state index in [9.17, 15) is 13.6 Å². The van der Waals surface area contributed by atoms with Crippen molar-refractivity contribution in [2.24, 2.45) is 0 Å². The van der Waals surface area contributed by atoms with Gasteiger partial charge in [0.25, 0.3) is 0 Å². The lowest BCUT2D eigenvalue weighted by atomic mass is 10.0. The Morgan fingerprint density at radius 1 is 1.21 bits per heavy atom. The molecule has 2 rings (SSSR count). The summed E-state index contributed by atoms with van der Waals surface area (Å²) < 4.78 is 31.6. The number of halogens is 2. The highest BCUT2D eigenvalue weighted by Gasteiger charge is 2.42. The number of methoxy groups -OCH3 is 1. The molecule has 0 saturated carbocycles. The van der Waals surface area contributed by atoms with Crippen LogP contribution in [0.25, 0.3) is 16.8 Å². The summed E-state index contributed by atoms with van der Waals surface area (Å²) in [6.45, 7) is 3.65. The lowest BCUT2D eigenvalue weighted by Gasteiger charge is -2.14. The van der Waals surface area contributed by atoms with Crippen molar-refractivity contribution >= 4 is 22.8 Å². The van der Waals surface area contributed by atoms with E-state index in [2.05, 4.69) is 11.3 Å². The normalized spacial score (nSPS) is 11.3. The number of alkyl halides is 2. The SMILES string of the molecule is C=Cc1ccc2cc(C(F)(F)C(=O)OC)ccc2c1. The number of hydrogen-bond acceptors (Lipinski definition) is 2. The fraction of sp³-hybridized carbons (Fsp3) is 0.133. The minimum Gasteiger partial charge on any atom is -0.464 e. The third kappa shape index (κ3) is 2.34. The fourth-order valence-electron chi connectivity index (χ4n) is 1.83. The van der Waals surface area contributed by atoms with Crippen LogP contribution >= 0.6 is 0 Å². The predicted octanol–water partition coefficient (Wildman–Crippen LogP) is 3.75. The molecule has 0 radical (unpaired) electrons. The highest BCUT2D eigenvalue weighted by molar-refractivity contribution is 5.87. The number of esters is 1. The van der Waals surface area contributed by atoms with Crippen molar-refractivity contribution in [3.63, 3.8) is 0 Å². The average molecular weight is 262 g/mol. The van der Waals surface area contributed by atoms with Crippen LogP contribution in [-0.4, -0.2) is 13.1 Å². The van der Waals surface area contributed by atoms with E-state index in [0.29, 0.717) is 5.39 Å². The van der Waals surface area contributed by atoms with E-state index >= 15 is 0 Å². The van der Waals surface area contributed by atoms with Crippen LogP contribution < -0.4 is 0 Å². The Kier molecular flexibility index (Phi) is 3.34. The molecule has 0 bridgehead atoms. The van der Waals surface area contributed by atoms with Gasteiger partial charge < -0.3 is 4.74 Å². The predicted molar refractivity (Wildman–Crippen MR) is 69.9 cm³/mol. The molecule has 0 aliphatic heterocycles. The molecule has 4 heteroatoms. The Morgan fingerprint density at radius 2 is 1.84 bits per heavy atom. The molecule has 0 heterocycles. The molecule has 2 aromatic carbocycles. The van der Waals surface area contributed by atoms with Crippen molar-refractivity contribution in [3.05, 3.63) is 54.1 Å². The average Bonchev–Trinajstić information content (AvgIpc) is 2.44. The summed E-state index contributed by atoms with van der Waals surface area (Å²) in [4.78, 5) is 11.1. The first kappa shape index (κ1) is 13.2. The molecule has 2 nitrogen and oxygen atoms in total. The summed E-state index contributed by atoms with van der Waals surface area (Å²) >= 11 is 0. The number of rotatable bonds is 3. The number of benzene rings is 2. The fourth-order valence-corrected chi connectivity index (χ4v) is 1.83. The van der Waals surface area contributed by atoms with Gasteiger partial charge in [-0.15, -0.1) is 0 Å². The monoisotopic (exact) mass is 262 g/mol. The molecule has 0 unspecified atom stereocenters. The van der Waals surface area contributed by atoms with Crippen LogP contribution in [0.2, 0.25) is 0 Å². The van der Waals surface area contributed by atoms with Crippen molar-refractivity contribution in [1.82, 2.24) is 0 Å². The highest BCUT2D eigenvalue weighted by Crippen LogP contribution is 2.31. The number of carbonyl (C=O) groups is 1. The van der Waals surface area contributed by atoms with Gasteiger partial charge in [-0.25, -0.2) is 4.79 Å². The van der Waals surface area contributed by atoms with Crippen molar-refractivity contribution in [2.45, 2.75) is 5.92 Å². The Bertz CT molecular complexity index is 648. The largest absolute Gasteiger partial charge is 0.464 e. The second-order valence-electron chi connectivity index (χ2n) is 4.09. The number of hydrogen-bond donors (Lipinski definition) is 0. The van der Waals surface area contributed by atoms with Crippen LogP contribution in [0, 0.1) is 0 Å². The third-order valence-electron chi connectivity index (χ3n) is 2.90. The molecular formula is C15H12F2O2. The van der Waals surface area contributed by atoms with Crippen LogP contribution in [-0.2, 0) is 15.5 Å². The van der Waals surface area contributed by atoms with Crippen LogP contribution in [0.3, 0.4) is 0 Å². The number of carbonyl (C=O) groups excluding carboxylic acids is 1.